The summed E-state index contributed by atoms with van der Waals surface area (Å²) in [6, 6.07) is 9.03. The SMILES string of the molecule is CC(=O)c1c(C)c2cnc(Nc3ccc(CN4CCC(NC5CCCN(c6ccc7c(c6)C(=O)N(C6CCC(=O)NC6=O)C7=O)C5)CC4)cn3)nc2n(C2CCCC2)c1=O. The van der Waals surface area contributed by atoms with Crippen molar-refractivity contribution in [3.63, 3.8) is 0 Å². The zero-order chi connectivity index (χ0) is 41.7. The molecule has 4 aromatic rings. The maximum atomic E-state index is 13.6. The van der Waals surface area contributed by atoms with E-state index in [4.69, 9.17) is 4.98 Å². The minimum Gasteiger partial charge on any atom is -0.370 e. The minimum atomic E-state index is -0.980. The second-order valence-electron chi connectivity index (χ2n) is 17.0. The van der Waals surface area contributed by atoms with Crippen molar-refractivity contribution in [1.29, 1.82) is 0 Å². The number of aryl methyl sites for hydroxylation is 1. The number of pyridine rings is 2. The van der Waals surface area contributed by atoms with Crippen LogP contribution in [0.25, 0.3) is 11.0 Å². The van der Waals surface area contributed by atoms with Crippen molar-refractivity contribution in [1.82, 2.24) is 40.0 Å². The summed E-state index contributed by atoms with van der Waals surface area (Å²) in [5.74, 6) is -1.28. The molecule has 0 spiro atoms. The molecule has 5 aliphatic rings. The van der Waals surface area contributed by atoms with Crippen molar-refractivity contribution in [2.45, 2.75) is 109 Å². The van der Waals surface area contributed by atoms with Gasteiger partial charge in [-0.1, -0.05) is 18.9 Å². The normalized spacial score (nSPS) is 21.8. The van der Waals surface area contributed by atoms with Gasteiger partial charge in [0.1, 0.15) is 17.5 Å². The third kappa shape index (κ3) is 7.58. The van der Waals surface area contributed by atoms with E-state index in [-0.39, 0.29) is 41.8 Å². The molecule has 3 saturated heterocycles. The van der Waals surface area contributed by atoms with Gasteiger partial charge in [0.2, 0.25) is 17.8 Å². The van der Waals surface area contributed by atoms with Gasteiger partial charge in [-0.3, -0.25) is 48.5 Å². The smallest absolute Gasteiger partial charge is 0.263 e. The first-order valence-corrected chi connectivity index (χ1v) is 21.3. The molecule has 312 valence electrons. The summed E-state index contributed by atoms with van der Waals surface area (Å²) >= 11 is 0. The van der Waals surface area contributed by atoms with Crippen LogP contribution >= 0.6 is 0 Å². The first kappa shape index (κ1) is 39.6. The van der Waals surface area contributed by atoms with Crippen LogP contribution in [0.15, 0.2) is 47.5 Å². The van der Waals surface area contributed by atoms with Gasteiger partial charge < -0.3 is 15.5 Å². The number of hydrogen-bond acceptors (Lipinski definition) is 13. The maximum Gasteiger partial charge on any atom is 0.263 e. The van der Waals surface area contributed by atoms with E-state index in [2.05, 4.69) is 41.8 Å². The van der Waals surface area contributed by atoms with Gasteiger partial charge in [-0.05, 0) is 107 Å². The highest BCUT2D eigenvalue weighted by Gasteiger charge is 2.45. The molecule has 16 nitrogen and oxygen atoms in total. The van der Waals surface area contributed by atoms with Crippen LogP contribution in [0.5, 0.6) is 0 Å². The van der Waals surface area contributed by atoms with Crippen LogP contribution < -0.4 is 26.4 Å². The van der Waals surface area contributed by atoms with Crippen LogP contribution in [0.3, 0.4) is 0 Å². The third-order valence-electron chi connectivity index (χ3n) is 13.0. The topological polar surface area (TPSA) is 192 Å². The number of nitrogens with one attached hydrogen (secondary N) is 3. The van der Waals surface area contributed by atoms with Gasteiger partial charge in [-0.15, -0.1) is 0 Å². The number of ketones is 1. The van der Waals surface area contributed by atoms with Crippen LogP contribution in [0.1, 0.15) is 119 Å². The van der Waals surface area contributed by atoms with E-state index >= 15 is 0 Å². The van der Waals surface area contributed by atoms with Crippen molar-refractivity contribution < 1.29 is 24.0 Å². The minimum absolute atomic E-state index is 0.00603. The standard InChI is InChI=1S/C44H50N10O6/c1-25-34-22-46-44(50-39(34)53(30-7-3-4-8-30)43(60)38(25)26(2)55)48-36-13-9-27(21-45-36)23-51-18-15-28(16-19-51)47-29-6-5-17-52(24-29)31-10-11-32-33(20-31)42(59)54(41(32)58)35-12-14-37(56)49-40(35)57/h9-11,13,20-22,28-30,35,47H,3-8,12,14-19,23-24H2,1-2H3,(H,49,56,57)(H,45,46,48,50). The molecule has 3 aromatic heterocycles. The van der Waals surface area contributed by atoms with Gasteiger partial charge in [0.05, 0.1) is 16.7 Å². The van der Waals surface area contributed by atoms with E-state index in [0.29, 0.717) is 45.5 Å². The Bertz CT molecular complexity index is 2450. The fraction of sp³-hybridized carbons (Fsp3) is 0.477. The summed E-state index contributed by atoms with van der Waals surface area (Å²) in [7, 11) is 0. The van der Waals surface area contributed by atoms with Gasteiger partial charge in [-0.25, -0.2) is 9.97 Å². The Hall–Kier alpha value is -5.87. The summed E-state index contributed by atoms with van der Waals surface area (Å²) in [5.41, 5.74) is 3.67. The number of hydrogen-bond donors (Lipinski definition) is 3. The summed E-state index contributed by atoms with van der Waals surface area (Å²) in [4.78, 5) is 96.5. The molecular weight excluding hydrogens is 765 g/mol. The summed E-state index contributed by atoms with van der Waals surface area (Å²) in [6.45, 7) is 7.55. The molecule has 16 heteroatoms. The van der Waals surface area contributed by atoms with Crippen LogP contribution in [0.4, 0.5) is 17.5 Å². The average Bonchev–Trinajstić information content (AvgIpc) is 3.85. The summed E-state index contributed by atoms with van der Waals surface area (Å²) < 4.78 is 1.71. The highest BCUT2D eigenvalue weighted by Crippen LogP contribution is 2.34. The molecule has 4 amide bonds. The van der Waals surface area contributed by atoms with Crippen molar-refractivity contribution in [2.75, 3.05) is 36.4 Å². The second-order valence-corrected chi connectivity index (χ2v) is 17.0. The number of Topliss-reactive ketones (excluding diaryl/α,β-unsaturated/α-hetero) is 1. The Morgan fingerprint density at radius 1 is 0.850 bits per heavy atom. The van der Waals surface area contributed by atoms with E-state index in [1.165, 1.54) is 6.92 Å². The average molecular weight is 815 g/mol. The lowest BCUT2D eigenvalue weighted by molar-refractivity contribution is -0.136. The Morgan fingerprint density at radius 3 is 2.37 bits per heavy atom. The number of carbonyl (C=O) groups is 5. The van der Waals surface area contributed by atoms with E-state index in [1.807, 2.05) is 18.3 Å². The third-order valence-corrected chi connectivity index (χ3v) is 13.0. The number of aromatic nitrogens is 4. The van der Waals surface area contributed by atoms with Crippen molar-refractivity contribution in [2.24, 2.45) is 0 Å². The van der Waals surface area contributed by atoms with E-state index < -0.39 is 29.7 Å². The molecule has 3 N–H and O–H groups in total. The van der Waals surface area contributed by atoms with Crippen molar-refractivity contribution in [3.8, 4) is 0 Å². The van der Waals surface area contributed by atoms with E-state index in [9.17, 15) is 28.8 Å². The molecule has 7 heterocycles. The molecule has 1 aliphatic carbocycles. The number of imide groups is 2. The number of anilines is 3. The summed E-state index contributed by atoms with van der Waals surface area (Å²) in [6.07, 6.45) is 11.7. The van der Waals surface area contributed by atoms with Gasteiger partial charge in [0.25, 0.3) is 17.4 Å². The Morgan fingerprint density at radius 2 is 1.63 bits per heavy atom. The number of amides is 4. The lowest BCUT2D eigenvalue weighted by atomic mass is 9.99. The fourth-order valence-electron chi connectivity index (χ4n) is 9.87. The zero-order valence-corrected chi connectivity index (χ0v) is 34.0. The molecule has 4 fully saturated rings. The second kappa shape index (κ2) is 16.3. The maximum absolute atomic E-state index is 13.6. The van der Waals surface area contributed by atoms with Crippen molar-refractivity contribution in [3.05, 3.63) is 80.9 Å². The molecule has 0 radical (unpaired) electrons. The number of piperidine rings is 3. The number of likely N-dealkylation sites (tertiary alicyclic amines) is 1. The van der Waals surface area contributed by atoms with Crippen LogP contribution in [-0.4, -0.2) is 103 Å². The molecule has 9 rings (SSSR count). The van der Waals surface area contributed by atoms with E-state index in [0.717, 1.165) is 100 Å². The van der Waals surface area contributed by atoms with Crippen LogP contribution in [0.2, 0.25) is 0 Å². The van der Waals surface area contributed by atoms with Crippen LogP contribution in [-0.2, 0) is 16.1 Å². The van der Waals surface area contributed by atoms with Gasteiger partial charge in [0, 0.05) is 67.6 Å². The van der Waals surface area contributed by atoms with Crippen molar-refractivity contribution >= 4 is 57.9 Å². The largest absolute Gasteiger partial charge is 0.370 e. The molecule has 1 aromatic carbocycles. The number of rotatable bonds is 10. The Balaban J connectivity index is 0.779. The number of nitrogens with zero attached hydrogens (tertiary/aromatic N) is 7. The predicted molar refractivity (Wildman–Crippen MR) is 223 cm³/mol. The highest BCUT2D eigenvalue weighted by atomic mass is 16.2. The lowest BCUT2D eigenvalue weighted by Gasteiger charge is -2.39. The first-order chi connectivity index (χ1) is 29.0. The molecule has 0 bridgehead atoms. The number of carbonyl (C=O) groups excluding carboxylic acids is 5. The monoisotopic (exact) mass is 814 g/mol. The van der Waals surface area contributed by atoms with Crippen LogP contribution in [0, 0.1) is 6.92 Å². The quantitative estimate of drug-likeness (QED) is 0.153. The first-order valence-electron chi connectivity index (χ1n) is 21.3. The molecule has 2 unspecified atom stereocenters. The molecule has 60 heavy (non-hydrogen) atoms. The van der Waals surface area contributed by atoms with Gasteiger partial charge in [0.15, 0.2) is 5.78 Å². The van der Waals surface area contributed by atoms with E-state index in [1.54, 1.807) is 29.8 Å². The molecular formula is C44H50N10O6. The van der Waals surface area contributed by atoms with Gasteiger partial charge >= 0.3 is 0 Å². The zero-order valence-electron chi connectivity index (χ0n) is 34.0. The molecule has 2 atom stereocenters. The highest BCUT2D eigenvalue weighted by molar-refractivity contribution is 6.23. The molecule has 1 saturated carbocycles. The fourth-order valence-corrected chi connectivity index (χ4v) is 9.87. The lowest BCUT2D eigenvalue weighted by Crippen LogP contribution is -2.54. The Kier molecular flexibility index (Phi) is 10.8. The number of fused-ring (bicyclic) bond motifs is 2. The Labute approximate surface area is 347 Å². The van der Waals surface area contributed by atoms with Gasteiger partial charge in [-0.2, -0.15) is 4.98 Å². The summed E-state index contributed by atoms with van der Waals surface area (Å²) in [5, 5.41) is 10.1. The number of benzene rings is 1. The molecule has 4 aliphatic heterocycles. The predicted octanol–water partition coefficient (Wildman–Crippen LogP) is 4.18.